The van der Waals surface area contributed by atoms with Crippen molar-refractivity contribution in [2.24, 2.45) is 5.41 Å². The lowest BCUT2D eigenvalue weighted by Gasteiger charge is -2.18. The van der Waals surface area contributed by atoms with Crippen molar-refractivity contribution in [1.29, 1.82) is 0 Å². The molecule has 0 atom stereocenters. The molecular formula is C14H20N2. The van der Waals surface area contributed by atoms with E-state index in [-0.39, 0.29) is 0 Å². The number of hydrogen-bond acceptors (Lipinski definition) is 1. The van der Waals surface area contributed by atoms with Crippen LogP contribution in [0.2, 0.25) is 0 Å². The summed E-state index contributed by atoms with van der Waals surface area (Å²) in [6, 6.07) is 2.26. The molecule has 2 heterocycles. The summed E-state index contributed by atoms with van der Waals surface area (Å²) in [5, 5.41) is 0. The summed E-state index contributed by atoms with van der Waals surface area (Å²) >= 11 is 0. The molecule has 16 heavy (non-hydrogen) atoms. The molecule has 86 valence electrons. The van der Waals surface area contributed by atoms with Crippen LogP contribution >= 0.6 is 0 Å². The normalized spacial score (nSPS) is 12.3. The Kier molecular flexibility index (Phi) is 2.53. The van der Waals surface area contributed by atoms with Crippen molar-refractivity contribution in [3.63, 3.8) is 0 Å². The maximum atomic E-state index is 4.51. The Morgan fingerprint density at radius 1 is 1.19 bits per heavy atom. The van der Waals surface area contributed by atoms with Gasteiger partial charge >= 0.3 is 0 Å². The molecule has 0 spiro atoms. The minimum atomic E-state index is 0.329. The maximum Gasteiger partial charge on any atom is 0.139 e. The fourth-order valence-electron chi connectivity index (χ4n) is 2.17. The number of rotatable bonds is 1. The van der Waals surface area contributed by atoms with Gasteiger partial charge in [-0.15, -0.1) is 0 Å². The predicted octanol–water partition coefficient (Wildman–Crippen LogP) is 3.54. The van der Waals surface area contributed by atoms with Crippen molar-refractivity contribution >= 4 is 5.65 Å². The average molecular weight is 216 g/mol. The molecule has 0 saturated carbocycles. The second-order valence-electron chi connectivity index (χ2n) is 5.88. The van der Waals surface area contributed by atoms with E-state index < -0.39 is 0 Å². The monoisotopic (exact) mass is 216 g/mol. The van der Waals surface area contributed by atoms with Gasteiger partial charge in [-0.3, -0.25) is 0 Å². The van der Waals surface area contributed by atoms with Gasteiger partial charge in [0.1, 0.15) is 5.65 Å². The molecule has 0 fully saturated rings. The van der Waals surface area contributed by atoms with Crippen molar-refractivity contribution in [3.05, 3.63) is 35.3 Å². The smallest absolute Gasteiger partial charge is 0.139 e. The van der Waals surface area contributed by atoms with Gasteiger partial charge < -0.3 is 4.40 Å². The van der Waals surface area contributed by atoms with Crippen LogP contribution in [0.4, 0.5) is 0 Å². The highest BCUT2D eigenvalue weighted by atomic mass is 15.0. The number of fused-ring (bicyclic) bond motifs is 1. The molecule has 2 aromatic rings. The zero-order chi connectivity index (χ0) is 11.9. The Labute approximate surface area is 97.3 Å². The molecule has 0 aromatic carbocycles. The molecule has 0 bridgehead atoms. The number of nitrogens with zero attached hydrogens (tertiary/aromatic N) is 2. The summed E-state index contributed by atoms with van der Waals surface area (Å²) < 4.78 is 2.14. The first-order valence-corrected chi connectivity index (χ1v) is 5.80. The van der Waals surface area contributed by atoms with Gasteiger partial charge in [-0.05, 0) is 36.8 Å². The minimum Gasteiger partial charge on any atom is -0.306 e. The van der Waals surface area contributed by atoms with E-state index in [1.165, 1.54) is 11.1 Å². The van der Waals surface area contributed by atoms with Crippen molar-refractivity contribution in [3.8, 4) is 0 Å². The highest BCUT2D eigenvalue weighted by molar-refractivity contribution is 5.49. The Balaban J connectivity index is 2.49. The van der Waals surface area contributed by atoms with E-state index in [0.29, 0.717) is 5.41 Å². The van der Waals surface area contributed by atoms with Crippen LogP contribution in [0, 0.1) is 19.3 Å². The van der Waals surface area contributed by atoms with Crippen molar-refractivity contribution in [1.82, 2.24) is 9.38 Å². The summed E-state index contributed by atoms with van der Waals surface area (Å²) in [6.07, 6.45) is 5.39. The van der Waals surface area contributed by atoms with Crippen LogP contribution in [0.15, 0.2) is 18.5 Å². The van der Waals surface area contributed by atoms with Crippen LogP contribution in [-0.2, 0) is 6.42 Å². The Hall–Kier alpha value is -1.31. The first kappa shape index (κ1) is 11.2. The summed E-state index contributed by atoms with van der Waals surface area (Å²) in [4.78, 5) is 4.51. The van der Waals surface area contributed by atoms with Gasteiger partial charge in [0, 0.05) is 12.4 Å². The molecule has 2 heteroatoms. The quantitative estimate of drug-likeness (QED) is 0.712. The zero-order valence-electron chi connectivity index (χ0n) is 10.8. The topological polar surface area (TPSA) is 17.3 Å². The molecule has 0 saturated heterocycles. The number of aryl methyl sites for hydroxylation is 2. The van der Waals surface area contributed by atoms with Gasteiger partial charge in [-0.25, -0.2) is 4.98 Å². The highest BCUT2D eigenvalue weighted by Crippen LogP contribution is 2.22. The lowest BCUT2D eigenvalue weighted by atomic mass is 9.88. The van der Waals surface area contributed by atoms with Crippen molar-refractivity contribution in [2.75, 3.05) is 0 Å². The van der Waals surface area contributed by atoms with E-state index in [0.717, 1.165) is 17.8 Å². The van der Waals surface area contributed by atoms with Crippen LogP contribution in [-0.4, -0.2) is 9.38 Å². The van der Waals surface area contributed by atoms with E-state index in [1.54, 1.807) is 0 Å². The molecule has 0 aliphatic heterocycles. The van der Waals surface area contributed by atoms with Gasteiger partial charge in [-0.1, -0.05) is 26.8 Å². The van der Waals surface area contributed by atoms with E-state index in [2.05, 4.69) is 55.5 Å². The molecular weight excluding hydrogens is 196 g/mol. The predicted molar refractivity (Wildman–Crippen MR) is 67.8 cm³/mol. The second-order valence-corrected chi connectivity index (χ2v) is 5.88. The second kappa shape index (κ2) is 3.62. The zero-order valence-corrected chi connectivity index (χ0v) is 10.8. The standard InChI is InChI=1S/C14H20N2/c1-10-6-12(7-14(3,4)5)9-16-8-11(2)15-13(10)16/h6,8-9H,7H2,1-5H3. The number of hydrogen-bond donors (Lipinski definition) is 0. The van der Waals surface area contributed by atoms with E-state index in [4.69, 9.17) is 0 Å². The van der Waals surface area contributed by atoms with Crippen molar-refractivity contribution < 1.29 is 0 Å². The number of aromatic nitrogens is 2. The van der Waals surface area contributed by atoms with Crippen LogP contribution < -0.4 is 0 Å². The van der Waals surface area contributed by atoms with Gasteiger partial charge in [0.2, 0.25) is 0 Å². The third kappa shape index (κ3) is 2.26. The SMILES string of the molecule is Cc1cn2cc(CC(C)(C)C)cc(C)c2n1. The average Bonchev–Trinajstić information content (AvgIpc) is 2.42. The Morgan fingerprint density at radius 3 is 2.50 bits per heavy atom. The minimum absolute atomic E-state index is 0.329. The molecule has 0 N–H and O–H groups in total. The third-order valence-electron chi connectivity index (χ3n) is 2.65. The first-order valence-electron chi connectivity index (χ1n) is 5.80. The summed E-state index contributed by atoms with van der Waals surface area (Å²) in [5.41, 5.74) is 5.13. The van der Waals surface area contributed by atoms with Gasteiger partial charge in [-0.2, -0.15) is 0 Å². The molecule has 2 rings (SSSR count). The lowest BCUT2D eigenvalue weighted by Crippen LogP contribution is -2.10. The van der Waals surface area contributed by atoms with Crippen LogP contribution in [0.3, 0.4) is 0 Å². The third-order valence-corrected chi connectivity index (χ3v) is 2.65. The fraction of sp³-hybridized carbons (Fsp3) is 0.500. The maximum absolute atomic E-state index is 4.51. The molecule has 0 aliphatic rings. The Bertz CT molecular complexity index is 515. The number of imidazole rings is 1. The highest BCUT2D eigenvalue weighted by Gasteiger charge is 2.13. The first-order chi connectivity index (χ1) is 7.35. The number of pyridine rings is 1. The van der Waals surface area contributed by atoms with Crippen LogP contribution in [0.5, 0.6) is 0 Å². The van der Waals surface area contributed by atoms with Crippen molar-refractivity contribution in [2.45, 2.75) is 41.0 Å². The Morgan fingerprint density at radius 2 is 1.88 bits per heavy atom. The van der Waals surface area contributed by atoms with E-state index >= 15 is 0 Å². The van der Waals surface area contributed by atoms with Gasteiger partial charge in [0.15, 0.2) is 0 Å². The molecule has 0 aliphatic carbocycles. The van der Waals surface area contributed by atoms with Gasteiger partial charge in [0.25, 0.3) is 0 Å². The fourth-order valence-corrected chi connectivity index (χ4v) is 2.17. The lowest BCUT2D eigenvalue weighted by molar-refractivity contribution is 0.410. The van der Waals surface area contributed by atoms with Crippen LogP contribution in [0.25, 0.3) is 5.65 Å². The molecule has 0 radical (unpaired) electrons. The van der Waals surface area contributed by atoms with E-state index in [1.807, 2.05) is 6.92 Å². The van der Waals surface area contributed by atoms with Crippen LogP contribution in [0.1, 0.15) is 37.6 Å². The molecule has 0 unspecified atom stereocenters. The molecule has 2 nitrogen and oxygen atoms in total. The summed E-state index contributed by atoms with van der Waals surface area (Å²) in [5.74, 6) is 0. The summed E-state index contributed by atoms with van der Waals surface area (Å²) in [6.45, 7) is 11.0. The largest absolute Gasteiger partial charge is 0.306 e. The molecule has 0 amide bonds. The molecule has 2 aromatic heterocycles. The summed E-state index contributed by atoms with van der Waals surface area (Å²) in [7, 11) is 0. The van der Waals surface area contributed by atoms with E-state index in [9.17, 15) is 0 Å². The van der Waals surface area contributed by atoms with Gasteiger partial charge in [0.05, 0.1) is 5.69 Å².